The van der Waals surface area contributed by atoms with Gasteiger partial charge in [0.2, 0.25) is 0 Å². The Morgan fingerprint density at radius 1 is 1.33 bits per heavy atom. The predicted molar refractivity (Wildman–Crippen MR) is 91.0 cm³/mol. The van der Waals surface area contributed by atoms with E-state index in [1.807, 2.05) is 11.2 Å². The van der Waals surface area contributed by atoms with Crippen LogP contribution in [0, 0.1) is 0 Å². The zero-order valence-electron chi connectivity index (χ0n) is 13.8. The van der Waals surface area contributed by atoms with Gasteiger partial charge in [0.15, 0.2) is 0 Å². The second-order valence-electron chi connectivity index (χ2n) is 6.24. The van der Waals surface area contributed by atoms with Crippen LogP contribution in [0.3, 0.4) is 0 Å². The highest BCUT2D eigenvalue weighted by Crippen LogP contribution is 2.20. The van der Waals surface area contributed by atoms with Gasteiger partial charge in [-0.3, -0.25) is 9.79 Å². The lowest BCUT2D eigenvalue weighted by atomic mass is 10.2. The maximum atomic E-state index is 12.3. The normalized spacial score (nSPS) is 23.2. The maximum Gasteiger partial charge on any atom is 0.257 e. The average Bonchev–Trinajstić information content (AvgIpc) is 3.29. The van der Waals surface area contributed by atoms with E-state index in [4.69, 9.17) is 9.41 Å². The molecule has 1 aromatic rings. The second-order valence-corrected chi connectivity index (χ2v) is 6.24. The van der Waals surface area contributed by atoms with E-state index in [0.717, 1.165) is 37.7 Å². The van der Waals surface area contributed by atoms with Gasteiger partial charge in [-0.05, 0) is 12.5 Å². The van der Waals surface area contributed by atoms with Crippen molar-refractivity contribution in [2.45, 2.75) is 19.4 Å². The van der Waals surface area contributed by atoms with Crippen molar-refractivity contribution in [3.05, 3.63) is 36.1 Å². The molecule has 1 atom stereocenters. The van der Waals surface area contributed by atoms with Crippen LogP contribution in [0.15, 0.2) is 44.9 Å². The molecule has 1 fully saturated rings. The molecule has 3 aliphatic heterocycles. The Morgan fingerprint density at radius 2 is 2.17 bits per heavy atom. The zero-order valence-corrected chi connectivity index (χ0v) is 13.8. The largest absolute Gasteiger partial charge is 0.472 e. The summed E-state index contributed by atoms with van der Waals surface area (Å²) >= 11 is 0. The summed E-state index contributed by atoms with van der Waals surface area (Å²) in [4.78, 5) is 27.8. The van der Waals surface area contributed by atoms with Crippen molar-refractivity contribution in [1.82, 2.24) is 14.7 Å². The quantitative estimate of drug-likeness (QED) is 0.842. The van der Waals surface area contributed by atoms with Crippen LogP contribution in [0.5, 0.6) is 0 Å². The number of rotatable bonds is 3. The first-order chi connectivity index (χ1) is 11.7. The predicted octanol–water partition coefficient (Wildman–Crippen LogP) is 1.41. The number of carbonyl (C=O) groups is 1. The van der Waals surface area contributed by atoms with Crippen LogP contribution in [0.4, 0.5) is 0 Å². The Bertz CT molecular complexity index is 699. The Labute approximate surface area is 140 Å². The lowest BCUT2D eigenvalue weighted by Crippen LogP contribution is -2.48. The molecule has 0 saturated carbocycles. The van der Waals surface area contributed by atoms with Gasteiger partial charge < -0.3 is 19.1 Å². The van der Waals surface area contributed by atoms with Gasteiger partial charge in [0.05, 0.1) is 24.2 Å². The smallest absolute Gasteiger partial charge is 0.257 e. The number of carbonyl (C=O) groups excluding carboxylic acids is 1. The summed E-state index contributed by atoms with van der Waals surface area (Å²) in [6.45, 7) is 6.00. The summed E-state index contributed by atoms with van der Waals surface area (Å²) in [6, 6.07) is 2.08. The molecule has 4 rings (SSSR count). The molecule has 1 amide bonds. The molecule has 0 aromatic carbocycles. The van der Waals surface area contributed by atoms with Gasteiger partial charge in [-0.2, -0.15) is 0 Å². The summed E-state index contributed by atoms with van der Waals surface area (Å²) in [6.07, 6.45) is 8.02. The number of aliphatic imine (C=N–C) groups is 2. The molecule has 0 N–H and O–H groups in total. The number of fused-ring (bicyclic) bond motifs is 1. The van der Waals surface area contributed by atoms with E-state index in [-0.39, 0.29) is 5.91 Å². The van der Waals surface area contributed by atoms with Crippen molar-refractivity contribution < 1.29 is 9.21 Å². The van der Waals surface area contributed by atoms with E-state index in [9.17, 15) is 4.79 Å². The molecule has 1 aromatic heterocycles. The molecule has 0 aliphatic carbocycles. The number of nitrogens with zero attached hydrogens (tertiary/aromatic N) is 5. The maximum absolute atomic E-state index is 12.3. The third-order valence-corrected chi connectivity index (χ3v) is 4.73. The number of hydrogen-bond acceptors (Lipinski definition) is 6. The molecule has 7 nitrogen and oxygen atoms in total. The lowest BCUT2D eigenvalue weighted by molar-refractivity contribution is 0.0668. The highest BCUT2D eigenvalue weighted by atomic mass is 16.3. The fourth-order valence-electron chi connectivity index (χ4n) is 3.23. The van der Waals surface area contributed by atoms with Gasteiger partial charge in [-0.1, -0.05) is 6.92 Å². The summed E-state index contributed by atoms with van der Waals surface area (Å²) in [5.74, 6) is 1.97. The van der Waals surface area contributed by atoms with Crippen LogP contribution < -0.4 is 0 Å². The molecule has 0 spiro atoms. The molecular weight excluding hydrogens is 306 g/mol. The topological polar surface area (TPSA) is 64.7 Å². The van der Waals surface area contributed by atoms with Crippen molar-refractivity contribution in [2.24, 2.45) is 9.98 Å². The van der Waals surface area contributed by atoms with E-state index in [1.165, 1.54) is 12.5 Å². The highest BCUT2D eigenvalue weighted by Gasteiger charge is 2.28. The molecule has 0 unspecified atom stereocenters. The Balaban J connectivity index is 1.40. The summed E-state index contributed by atoms with van der Waals surface area (Å²) < 4.78 is 5.00. The van der Waals surface area contributed by atoms with Crippen LogP contribution in [-0.4, -0.2) is 71.5 Å². The summed E-state index contributed by atoms with van der Waals surface area (Å²) in [5.41, 5.74) is 0.611. The molecule has 126 valence electrons. The number of amidine groups is 1. The fraction of sp³-hybridized carbons (Fsp3) is 0.471. The number of furan rings is 1. The third kappa shape index (κ3) is 2.70. The van der Waals surface area contributed by atoms with Crippen molar-refractivity contribution >= 4 is 18.1 Å². The van der Waals surface area contributed by atoms with Gasteiger partial charge in [0, 0.05) is 38.8 Å². The van der Waals surface area contributed by atoms with Gasteiger partial charge in [0.25, 0.3) is 5.91 Å². The first-order valence-corrected chi connectivity index (χ1v) is 8.41. The van der Waals surface area contributed by atoms with E-state index < -0.39 is 0 Å². The lowest BCUT2D eigenvalue weighted by Gasteiger charge is -2.36. The van der Waals surface area contributed by atoms with Crippen LogP contribution in [0.1, 0.15) is 23.7 Å². The average molecular weight is 327 g/mol. The number of hydrogen-bond donors (Lipinski definition) is 0. The van der Waals surface area contributed by atoms with Crippen molar-refractivity contribution in [3.63, 3.8) is 0 Å². The van der Waals surface area contributed by atoms with E-state index in [1.54, 1.807) is 6.07 Å². The molecule has 3 aliphatic rings. The van der Waals surface area contributed by atoms with Crippen molar-refractivity contribution in [1.29, 1.82) is 0 Å². The number of amides is 1. The van der Waals surface area contributed by atoms with Crippen LogP contribution >= 0.6 is 0 Å². The Morgan fingerprint density at radius 3 is 2.88 bits per heavy atom. The fourth-order valence-corrected chi connectivity index (χ4v) is 3.23. The van der Waals surface area contributed by atoms with Gasteiger partial charge in [-0.15, -0.1) is 0 Å². The van der Waals surface area contributed by atoms with Gasteiger partial charge in [0.1, 0.15) is 17.9 Å². The third-order valence-electron chi connectivity index (χ3n) is 4.73. The Hall–Kier alpha value is -2.57. The molecule has 24 heavy (non-hydrogen) atoms. The summed E-state index contributed by atoms with van der Waals surface area (Å²) in [7, 11) is 0. The van der Waals surface area contributed by atoms with E-state index in [0.29, 0.717) is 24.7 Å². The number of piperazine rings is 1. The molecular formula is C17H21N5O2. The van der Waals surface area contributed by atoms with Gasteiger partial charge >= 0.3 is 0 Å². The minimum atomic E-state index is 0.0293. The van der Waals surface area contributed by atoms with Crippen LogP contribution in [0.2, 0.25) is 0 Å². The highest BCUT2D eigenvalue weighted by molar-refractivity contribution is 6.03. The second kappa shape index (κ2) is 6.14. The molecule has 1 saturated heterocycles. The molecule has 0 radical (unpaired) electrons. The monoisotopic (exact) mass is 327 g/mol. The van der Waals surface area contributed by atoms with Crippen LogP contribution in [0.25, 0.3) is 0 Å². The van der Waals surface area contributed by atoms with E-state index >= 15 is 0 Å². The molecule has 7 heteroatoms. The summed E-state index contributed by atoms with van der Waals surface area (Å²) in [5, 5.41) is 0. The van der Waals surface area contributed by atoms with Crippen molar-refractivity contribution in [2.75, 3.05) is 32.7 Å². The van der Waals surface area contributed by atoms with Crippen LogP contribution in [-0.2, 0) is 0 Å². The zero-order chi connectivity index (χ0) is 16.5. The van der Waals surface area contributed by atoms with Crippen molar-refractivity contribution in [3.8, 4) is 0 Å². The minimum Gasteiger partial charge on any atom is -0.472 e. The first-order valence-electron chi connectivity index (χ1n) is 8.41. The first kappa shape index (κ1) is 15.0. The van der Waals surface area contributed by atoms with Gasteiger partial charge in [-0.25, -0.2) is 4.99 Å². The minimum absolute atomic E-state index is 0.0293. The SMILES string of the molecule is CC[C@H]1CN2C=NC(N3CCN(C(=O)c4ccoc4)CC3)=CC2=N1. The van der Waals surface area contributed by atoms with E-state index in [2.05, 4.69) is 27.8 Å². The molecule has 0 bridgehead atoms. The Kier molecular flexibility index (Phi) is 3.84. The molecule has 4 heterocycles. The standard InChI is InChI=1S/C17H21N5O2/c1-2-14-10-22-12-18-15(9-16(22)19-14)20-4-6-21(7-5-20)17(23)13-3-8-24-11-13/h3,8-9,11-12,14H,2,4-7,10H2,1H3/t14-/m0/s1.